The van der Waals surface area contributed by atoms with Crippen molar-refractivity contribution in [3.63, 3.8) is 0 Å². The highest BCUT2D eigenvalue weighted by molar-refractivity contribution is 5.99. The Morgan fingerprint density at radius 1 is 1.00 bits per heavy atom. The van der Waals surface area contributed by atoms with E-state index in [1.54, 1.807) is 86.2 Å². The number of methoxy groups -OCH3 is 1. The number of hydrogen-bond acceptors (Lipinski definition) is 8. The van der Waals surface area contributed by atoms with Gasteiger partial charge in [-0.3, -0.25) is 4.98 Å². The Hall–Kier alpha value is -5.43. The zero-order valence-corrected chi connectivity index (χ0v) is 20.6. The van der Waals surface area contributed by atoms with Gasteiger partial charge in [-0.25, -0.2) is 4.79 Å². The lowest BCUT2D eigenvalue weighted by Gasteiger charge is -2.13. The molecule has 5 N–H and O–H groups in total. The first-order valence-corrected chi connectivity index (χ1v) is 11.7. The summed E-state index contributed by atoms with van der Waals surface area (Å²) >= 11 is 0. The highest BCUT2D eigenvalue weighted by Gasteiger charge is 2.12. The molecule has 10 heteroatoms. The summed E-state index contributed by atoms with van der Waals surface area (Å²) in [6.07, 6.45) is 4.63. The van der Waals surface area contributed by atoms with Gasteiger partial charge in [0.2, 0.25) is 0 Å². The number of aromatic nitrogens is 1. The Morgan fingerprint density at radius 3 is 2.32 bits per heavy atom. The maximum Gasteiger partial charge on any atom is 0.323 e. The fourth-order valence-corrected chi connectivity index (χ4v) is 3.52. The molecule has 2 amide bonds. The van der Waals surface area contributed by atoms with Crippen LogP contribution in [-0.2, 0) is 0 Å². The van der Waals surface area contributed by atoms with Crippen molar-refractivity contribution in [2.45, 2.75) is 0 Å². The van der Waals surface area contributed by atoms with E-state index in [-0.39, 0.29) is 6.03 Å². The van der Waals surface area contributed by atoms with Crippen molar-refractivity contribution in [2.75, 3.05) is 30.9 Å². The van der Waals surface area contributed by atoms with Gasteiger partial charge in [0, 0.05) is 48.0 Å². The number of nitrogens with two attached hydrogens (primary N) is 1. The fraction of sp³-hybridized carbons (Fsp3) is 0.107. The van der Waals surface area contributed by atoms with Crippen LogP contribution in [0.2, 0.25) is 0 Å². The lowest BCUT2D eigenvalue weighted by atomic mass is 10.1. The van der Waals surface area contributed by atoms with Gasteiger partial charge < -0.3 is 35.9 Å². The molecule has 0 spiro atoms. The third kappa shape index (κ3) is 6.61. The summed E-state index contributed by atoms with van der Waals surface area (Å²) in [5.74, 6) is 2.23. The van der Waals surface area contributed by atoms with E-state index in [1.807, 2.05) is 0 Å². The predicted octanol–water partition coefficient (Wildman–Crippen LogP) is 4.95. The van der Waals surface area contributed by atoms with Crippen molar-refractivity contribution >= 4 is 28.3 Å². The highest BCUT2D eigenvalue weighted by Crippen LogP contribution is 2.33. The normalized spacial score (nSPS) is 10.5. The average Bonchev–Trinajstić information content (AvgIpc) is 2.94. The molecule has 192 valence electrons. The zero-order chi connectivity index (χ0) is 26.7. The number of nitriles is 1. The number of pyridine rings is 1. The number of carbonyl (C=O) groups excluding carboxylic acids is 1. The third-order valence-electron chi connectivity index (χ3n) is 5.33. The molecular weight excluding hydrogens is 484 g/mol. The fourth-order valence-electron chi connectivity index (χ4n) is 3.52. The number of amides is 2. The van der Waals surface area contributed by atoms with Gasteiger partial charge in [0.1, 0.15) is 35.7 Å². The second-order valence-corrected chi connectivity index (χ2v) is 7.88. The summed E-state index contributed by atoms with van der Waals surface area (Å²) in [5, 5.41) is 18.8. The number of fused-ring (bicyclic) bond motifs is 1. The smallest absolute Gasteiger partial charge is 0.323 e. The Morgan fingerprint density at radius 2 is 1.68 bits per heavy atom. The molecule has 1 heterocycles. The first-order valence-electron chi connectivity index (χ1n) is 11.7. The molecule has 0 aliphatic rings. The van der Waals surface area contributed by atoms with E-state index in [0.29, 0.717) is 64.0 Å². The van der Waals surface area contributed by atoms with Crippen molar-refractivity contribution in [3.8, 4) is 29.1 Å². The van der Waals surface area contributed by atoms with Crippen molar-refractivity contribution in [3.05, 3.63) is 90.9 Å². The summed E-state index contributed by atoms with van der Waals surface area (Å²) in [6.45, 7) is 0.875. The van der Waals surface area contributed by atoms with Gasteiger partial charge >= 0.3 is 6.03 Å². The van der Waals surface area contributed by atoms with Gasteiger partial charge in [-0.05, 0) is 60.7 Å². The van der Waals surface area contributed by atoms with E-state index >= 15 is 0 Å². The summed E-state index contributed by atoms with van der Waals surface area (Å²) in [7, 11) is 1.58. The SMILES string of the molecule is COc1ccc(NC(=O)Nc2ccc(Oc3ccnc4cc(OCCN/C=C\N)c(C#N)cc34)cc2)cc1. The largest absolute Gasteiger partial charge is 0.497 e. The summed E-state index contributed by atoms with van der Waals surface area (Å²) in [6, 6.07) is 20.9. The minimum Gasteiger partial charge on any atom is -0.497 e. The number of ether oxygens (including phenoxy) is 3. The van der Waals surface area contributed by atoms with E-state index < -0.39 is 0 Å². The first-order chi connectivity index (χ1) is 18.6. The molecule has 0 fully saturated rings. The van der Waals surface area contributed by atoms with E-state index in [9.17, 15) is 10.1 Å². The number of benzene rings is 3. The number of carbonyl (C=O) groups is 1. The summed E-state index contributed by atoms with van der Waals surface area (Å²) in [4.78, 5) is 16.7. The topological polar surface area (TPSA) is 144 Å². The number of hydrogen-bond donors (Lipinski definition) is 4. The minimum atomic E-state index is -0.377. The van der Waals surface area contributed by atoms with Gasteiger partial charge in [-0.2, -0.15) is 5.26 Å². The van der Waals surface area contributed by atoms with Crippen LogP contribution in [-0.4, -0.2) is 31.3 Å². The molecule has 0 saturated carbocycles. The molecule has 3 aromatic carbocycles. The van der Waals surface area contributed by atoms with Crippen LogP contribution in [0.4, 0.5) is 16.2 Å². The molecule has 1 aromatic heterocycles. The monoisotopic (exact) mass is 510 g/mol. The quantitative estimate of drug-likeness (QED) is 0.219. The maximum atomic E-state index is 12.3. The van der Waals surface area contributed by atoms with Gasteiger partial charge in [-0.1, -0.05) is 0 Å². The van der Waals surface area contributed by atoms with Crippen molar-refractivity contribution in [2.24, 2.45) is 5.73 Å². The van der Waals surface area contributed by atoms with Crippen LogP contribution >= 0.6 is 0 Å². The molecule has 4 rings (SSSR count). The Bertz CT molecular complexity index is 1460. The number of urea groups is 1. The average molecular weight is 511 g/mol. The molecule has 0 aliphatic carbocycles. The molecule has 10 nitrogen and oxygen atoms in total. The molecule has 0 saturated heterocycles. The van der Waals surface area contributed by atoms with Crippen LogP contribution in [0, 0.1) is 11.3 Å². The molecule has 0 radical (unpaired) electrons. The zero-order valence-electron chi connectivity index (χ0n) is 20.6. The summed E-state index contributed by atoms with van der Waals surface area (Å²) in [5.41, 5.74) is 7.51. The summed E-state index contributed by atoms with van der Waals surface area (Å²) < 4.78 is 16.9. The van der Waals surface area contributed by atoms with Crippen LogP contribution in [0.3, 0.4) is 0 Å². The van der Waals surface area contributed by atoms with E-state index in [4.69, 9.17) is 19.9 Å². The molecule has 4 aromatic rings. The lowest BCUT2D eigenvalue weighted by molar-refractivity contribution is 0.262. The van der Waals surface area contributed by atoms with Crippen LogP contribution in [0.1, 0.15) is 5.56 Å². The molecular formula is C28H26N6O4. The number of anilines is 2. The van der Waals surface area contributed by atoms with Crippen molar-refractivity contribution in [1.82, 2.24) is 10.3 Å². The van der Waals surface area contributed by atoms with E-state index in [1.165, 1.54) is 6.20 Å². The molecule has 0 unspecified atom stereocenters. The second kappa shape index (κ2) is 12.5. The van der Waals surface area contributed by atoms with Crippen LogP contribution in [0.25, 0.3) is 10.9 Å². The predicted molar refractivity (Wildman–Crippen MR) is 145 cm³/mol. The number of nitrogens with zero attached hydrogens (tertiary/aromatic N) is 2. The van der Waals surface area contributed by atoms with Gasteiger partial charge in [-0.15, -0.1) is 0 Å². The minimum absolute atomic E-state index is 0.346. The van der Waals surface area contributed by atoms with Gasteiger partial charge in [0.15, 0.2) is 0 Å². The highest BCUT2D eigenvalue weighted by atomic mass is 16.5. The molecule has 38 heavy (non-hydrogen) atoms. The van der Waals surface area contributed by atoms with Crippen LogP contribution in [0.15, 0.2) is 85.3 Å². The van der Waals surface area contributed by atoms with Gasteiger partial charge in [0.05, 0.1) is 18.2 Å². The molecule has 0 bridgehead atoms. The molecule has 0 aliphatic heterocycles. The number of rotatable bonds is 10. The second-order valence-electron chi connectivity index (χ2n) is 7.88. The first kappa shape index (κ1) is 25.7. The van der Waals surface area contributed by atoms with Crippen molar-refractivity contribution < 1.29 is 19.0 Å². The van der Waals surface area contributed by atoms with E-state index in [0.717, 1.165) is 0 Å². The Kier molecular flexibility index (Phi) is 8.44. The molecule has 0 atom stereocenters. The van der Waals surface area contributed by atoms with Crippen LogP contribution in [0.5, 0.6) is 23.0 Å². The van der Waals surface area contributed by atoms with Crippen LogP contribution < -0.4 is 35.9 Å². The lowest BCUT2D eigenvalue weighted by Crippen LogP contribution is -2.19. The Balaban J connectivity index is 1.42. The van der Waals surface area contributed by atoms with E-state index in [2.05, 4.69) is 27.0 Å². The Labute approximate surface area is 219 Å². The number of nitrogens with one attached hydrogen (secondary N) is 3. The third-order valence-corrected chi connectivity index (χ3v) is 5.33. The maximum absolute atomic E-state index is 12.3. The standard InChI is InChI=1S/C28H26N6O4/c1-36-22-6-2-20(3-7-22)33-28(35)34-21-4-8-23(9-5-21)38-26-10-12-32-25-17-27(19(18-30)16-24(25)26)37-15-14-31-13-11-29/h2-13,16-17,31H,14-15,29H2,1H3,(H2,33,34,35)/b13-11-. The van der Waals surface area contributed by atoms with Crippen molar-refractivity contribution in [1.29, 1.82) is 5.26 Å². The van der Waals surface area contributed by atoms with Gasteiger partial charge in [0.25, 0.3) is 0 Å².